The van der Waals surface area contributed by atoms with Gasteiger partial charge in [-0.15, -0.1) is 0 Å². The molecule has 3 aromatic rings. The summed E-state index contributed by atoms with van der Waals surface area (Å²) in [6, 6.07) is 6.02. The minimum absolute atomic E-state index is 0.565. The molecule has 1 aliphatic rings. The zero-order chi connectivity index (χ0) is 17.2. The van der Waals surface area contributed by atoms with E-state index in [2.05, 4.69) is 20.9 Å². The van der Waals surface area contributed by atoms with Gasteiger partial charge in [-0.2, -0.15) is 5.10 Å². The molecule has 0 saturated carbocycles. The molecule has 4 rings (SSSR count). The van der Waals surface area contributed by atoms with Gasteiger partial charge in [0.1, 0.15) is 11.5 Å². The first-order chi connectivity index (χ1) is 12.3. The predicted octanol–water partition coefficient (Wildman–Crippen LogP) is 2.27. The molecule has 7 heteroatoms. The standard InChI is InChI=1S/C18H21N5O2/c1-3-25-18-16-14(5-7-20-18)22(2)21-17(16)13-4-6-19-15(12-13)23-8-10-24-11-9-23/h4-7,12H,3,8-11H2,1-2H3. The van der Waals surface area contributed by atoms with Crippen LogP contribution in [0, 0.1) is 0 Å². The Kier molecular flexibility index (Phi) is 4.23. The van der Waals surface area contributed by atoms with E-state index in [0.29, 0.717) is 12.5 Å². The largest absolute Gasteiger partial charge is 0.477 e. The number of morpholine rings is 1. The summed E-state index contributed by atoms with van der Waals surface area (Å²) >= 11 is 0. The van der Waals surface area contributed by atoms with Crippen LogP contribution in [0.4, 0.5) is 5.82 Å². The van der Waals surface area contributed by atoms with Crippen molar-refractivity contribution in [2.24, 2.45) is 7.05 Å². The SMILES string of the molecule is CCOc1nccc2c1c(-c1ccnc(N3CCOCC3)c1)nn2C. The number of aryl methyl sites for hydroxylation is 1. The molecule has 1 aliphatic heterocycles. The average molecular weight is 339 g/mol. The van der Waals surface area contributed by atoms with Crippen LogP contribution in [0.3, 0.4) is 0 Å². The third-order valence-electron chi connectivity index (χ3n) is 4.36. The molecule has 7 nitrogen and oxygen atoms in total. The molecule has 1 fully saturated rings. The summed E-state index contributed by atoms with van der Waals surface area (Å²) in [6.45, 7) is 5.69. The Hall–Kier alpha value is -2.67. The smallest absolute Gasteiger partial charge is 0.225 e. The van der Waals surface area contributed by atoms with Gasteiger partial charge in [0, 0.05) is 38.1 Å². The van der Waals surface area contributed by atoms with E-state index in [-0.39, 0.29) is 0 Å². The van der Waals surface area contributed by atoms with Crippen molar-refractivity contribution in [3.8, 4) is 17.1 Å². The van der Waals surface area contributed by atoms with Crippen LogP contribution in [0.25, 0.3) is 22.2 Å². The van der Waals surface area contributed by atoms with Crippen molar-refractivity contribution in [2.75, 3.05) is 37.8 Å². The molecule has 25 heavy (non-hydrogen) atoms. The maximum atomic E-state index is 5.73. The van der Waals surface area contributed by atoms with Crippen LogP contribution in [-0.4, -0.2) is 52.7 Å². The Balaban J connectivity index is 1.82. The van der Waals surface area contributed by atoms with Gasteiger partial charge in [-0.3, -0.25) is 4.68 Å². The van der Waals surface area contributed by atoms with E-state index in [1.54, 1.807) is 6.20 Å². The van der Waals surface area contributed by atoms with Crippen molar-refractivity contribution in [3.05, 3.63) is 30.6 Å². The van der Waals surface area contributed by atoms with Crippen molar-refractivity contribution >= 4 is 16.7 Å². The minimum atomic E-state index is 0.565. The molecule has 0 amide bonds. The van der Waals surface area contributed by atoms with Crippen LogP contribution in [0.5, 0.6) is 5.88 Å². The van der Waals surface area contributed by atoms with E-state index < -0.39 is 0 Å². The number of anilines is 1. The fourth-order valence-electron chi connectivity index (χ4n) is 3.16. The van der Waals surface area contributed by atoms with E-state index in [4.69, 9.17) is 14.6 Å². The summed E-state index contributed by atoms with van der Waals surface area (Å²) in [7, 11) is 1.94. The molecule has 1 saturated heterocycles. The highest BCUT2D eigenvalue weighted by molar-refractivity contribution is 5.97. The van der Waals surface area contributed by atoms with Crippen molar-refractivity contribution in [1.82, 2.24) is 19.7 Å². The molecule has 4 heterocycles. The number of aromatic nitrogens is 4. The maximum absolute atomic E-state index is 5.73. The second kappa shape index (κ2) is 6.68. The van der Waals surface area contributed by atoms with E-state index in [9.17, 15) is 0 Å². The Morgan fingerprint density at radius 1 is 1.16 bits per heavy atom. The lowest BCUT2D eigenvalue weighted by Crippen LogP contribution is -2.36. The van der Waals surface area contributed by atoms with Crippen LogP contribution in [0.1, 0.15) is 6.92 Å². The Labute approximate surface area is 146 Å². The lowest BCUT2D eigenvalue weighted by molar-refractivity contribution is 0.122. The quantitative estimate of drug-likeness (QED) is 0.726. The second-order valence-corrected chi connectivity index (χ2v) is 5.92. The van der Waals surface area contributed by atoms with Crippen molar-refractivity contribution in [1.29, 1.82) is 0 Å². The molecule has 0 bridgehead atoms. The van der Waals surface area contributed by atoms with Gasteiger partial charge in [0.15, 0.2) is 0 Å². The van der Waals surface area contributed by atoms with Gasteiger partial charge in [-0.05, 0) is 25.1 Å². The number of rotatable bonds is 4. The Morgan fingerprint density at radius 3 is 2.76 bits per heavy atom. The maximum Gasteiger partial charge on any atom is 0.225 e. The third-order valence-corrected chi connectivity index (χ3v) is 4.36. The molecular formula is C18H21N5O2. The van der Waals surface area contributed by atoms with E-state index in [0.717, 1.165) is 54.3 Å². The summed E-state index contributed by atoms with van der Waals surface area (Å²) in [6.07, 6.45) is 3.59. The van der Waals surface area contributed by atoms with E-state index in [1.165, 1.54) is 0 Å². The fourth-order valence-corrected chi connectivity index (χ4v) is 3.16. The van der Waals surface area contributed by atoms with E-state index >= 15 is 0 Å². The molecule has 0 aromatic carbocycles. The van der Waals surface area contributed by atoms with Crippen LogP contribution >= 0.6 is 0 Å². The molecule has 0 radical (unpaired) electrons. The first-order valence-corrected chi connectivity index (χ1v) is 8.51. The summed E-state index contributed by atoms with van der Waals surface area (Å²) in [4.78, 5) is 11.1. The van der Waals surface area contributed by atoms with Crippen LogP contribution in [-0.2, 0) is 11.8 Å². The molecule has 0 spiro atoms. The highest BCUT2D eigenvalue weighted by Gasteiger charge is 2.18. The van der Waals surface area contributed by atoms with Gasteiger partial charge < -0.3 is 14.4 Å². The molecule has 0 unspecified atom stereocenters. The van der Waals surface area contributed by atoms with Gasteiger partial charge in [0.25, 0.3) is 0 Å². The zero-order valence-corrected chi connectivity index (χ0v) is 14.5. The topological polar surface area (TPSA) is 65.3 Å². The molecule has 0 aliphatic carbocycles. The molecule has 3 aromatic heterocycles. The summed E-state index contributed by atoms with van der Waals surface area (Å²) in [5.74, 6) is 1.56. The molecule has 0 N–H and O–H groups in total. The average Bonchev–Trinajstić information content (AvgIpc) is 3.01. The normalized spacial score (nSPS) is 14.9. The minimum Gasteiger partial charge on any atom is -0.477 e. The van der Waals surface area contributed by atoms with Crippen LogP contribution in [0.2, 0.25) is 0 Å². The summed E-state index contributed by atoms with van der Waals surface area (Å²) < 4.78 is 13.0. The number of pyridine rings is 2. The predicted molar refractivity (Wildman–Crippen MR) is 95.9 cm³/mol. The summed E-state index contributed by atoms with van der Waals surface area (Å²) in [5, 5.41) is 5.65. The van der Waals surface area contributed by atoms with Crippen molar-refractivity contribution < 1.29 is 9.47 Å². The Bertz CT molecular complexity index is 886. The first-order valence-electron chi connectivity index (χ1n) is 8.51. The van der Waals surface area contributed by atoms with Gasteiger partial charge in [-0.1, -0.05) is 0 Å². The van der Waals surface area contributed by atoms with Crippen LogP contribution < -0.4 is 9.64 Å². The fraction of sp³-hybridized carbons (Fsp3) is 0.389. The van der Waals surface area contributed by atoms with Gasteiger partial charge >= 0.3 is 0 Å². The zero-order valence-electron chi connectivity index (χ0n) is 14.5. The lowest BCUT2D eigenvalue weighted by atomic mass is 10.1. The summed E-state index contributed by atoms with van der Waals surface area (Å²) in [5.41, 5.74) is 2.88. The van der Waals surface area contributed by atoms with Crippen molar-refractivity contribution in [3.63, 3.8) is 0 Å². The number of hydrogen-bond donors (Lipinski definition) is 0. The van der Waals surface area contributed by atoms with Gasteiger partial charge in [0.2, 0.25) is 5.88 Å². The number of nitrogens with zero attached hydrogens (tertiary/aromatic N) is 5. The van der Waals surface area contributed by atoms with Gasteiger partial charge in [-0.25, -0.2) is 9.97 Å². The molecule has 130 valence electrons. The lowest BCUT2D eigenvalue weighted by Gasteiger charge is -2.27. The highest BCUT2D eigenvalue weighted by Crippen LogP contribution is 2.34. The number of hydrogen-bond acceptors (Lipinski definition) is 6. The van der Waals surface area contributed by atoms with E-state index in [1.807, 2.05) is 37.0 Å². The highest BCUT2D eigenvalue weighted by atomic mass is 16.5. The number of fused-ring (bicyclic) bond motifs is 1. The van der Waals surface area contributed by atoms with Crippen LogP contribution in [0.15, 0.2) is 30.6 Å². The molecular weight excluding hydrogens is 318 g/mol. The van der Waals surface area contributed by atoms with Crippen molar-refractivity contribution in [2.45, 2.75) is 6.92 Å². The Morgan fingerprint density at radius 2 is 1.96 bits per heavy atom. The second-order valence-electron chi connectivity index (χ2n) is 5.92. The first kappa shape index (κ1) is 15.8. The molecule has 0 atom stereocenters. The van der Waals surface area contributed by atoms with Gasteiger partial charge in [0.05, 0.1) is 30.7 Å². The number of ether oxygens (including phenoxy) is 2. The third kappa shape index (κ3) is 2.91. The monoisotopic (exact) mass is 339 g/mol.